The van der Waals surface area contributed by atoms with E-state index in [1.807, 2.05) is 24.3 Å². The summed E-state index contributed by atoms with van der Waals surface area (Å²) in [5, 5.41) is 0. The molecule has 8 nitrogen and oxygen atoms in total. The van der Waals surface area contributed by atoms with Gasteiger partial charge in [0.2, 0.25) is 22.9 Å². The van der Waals surface area contributed by atoms with Crippen molar-refractivity contribution in [3.8, 4) is 17.2 Å². The quantitative estimate of drug-likeness (QED) is 0.115. The standard InChI is InChI=1S/C38H70O8Si6/c1-47(2,3)39-28-34-35(44-50(10,11)12)36(45-51(13,14)15)37(46-52(16,17)18)38(41-34)40-32-25-30(26-33(27-32)43-49(7,8)9)20-19-29-21-23-31(24-22-29)42-48(4,5)6/h19-27,34-38H,28H2,1-18H3/b20-19+. The molecule has 0 bridgehead atoms. The summed E-state index contributed by atoms with van der Waals surface area (Å²) in [5.74, 6) is 2.31. The number of hydrogen-bond donors (Lipinski definition) is 0. The first-order valence-electron chi connectivity index (χ1n) is 18.7. The van der Waals surface area contributed by atoms with Crippen molar-refractivity contribution in [2.75, 3.05) is 6.61 Å². The van der Waals surface area contributed by atoms with Gasteiger partial charge < -0.3 is 36.0 Å². The first-order chi connectivity index (χ1) is 23.4. The lowest BCUT2D eigenvalue weighted by Crippen LogP contribution is -2.67. The second-order valence-corrected chi connectivity index (χ2v) is 46.5. The van der Waals surface area contributed by atoms with E-state index >= 15 is 0 Å². The summed E-state index contributed by atoms with van der Waals surface area (Å²) >= 11 is 0. The highest BCUT2D eigenvalue weighted by molar-refractivity contribution is 6.72. The van der Waals surface area contributed by atoms with Crippen LogP contribution in [-0.2, 0) is 22.4 Å². The van der Waals surface area contributed by atoms with Gasteiger partial charge in [0, 0.05) is 6.07 Å². The Kier molecular flexibility index (Phi) is 14.9. The first kappa shape index (κ1) is 45.1. The monoisotopic (exact) mass is 822 g/mol. The van der Waals surface area contributed by atoms with E-state index in [9.17, 15) is 0 Å². The maximum atomic E-state index is 7.05. The molecule has 2 aromatic carbocycles. The van der Waals surface area contributed by atoms with Gasteiger partial charge in [-0.15, -0.1) is 0 Å². The molecule has 0 aliphatic carbocycles. The van der Waals surface area contributed by atoms with Gasteiger partial charge in [-0.05, 0) is 153 Å². The number of benzene rings is 2. The minimum absolute atomic E-state index is 0.362. The molecular weight excluding hydrogens is 753 g/mol. The van der Waals surface area contributed by atoms with Gasteiger partial charge >= 0.3 is 0 Å². The molecule has 0 spiro atoms. The van der Waals surface area contributed by atoms with Gasteiger partial charge in [0.25, 0.3) is 0 Å². The molecular formula is C38H70O8Si6. The predicted octanol–water partition coefficient (Wildman–Crippen LogP) is 10.9. The Balaban J connectivity index is 2.10. The van der Waals surface area contributed by atoms with E-state index < -0.39 is 74.5 Å². The van der Waals surface area contributed by atoms with E-state index in [0.29, 0.717) is 12.4 Å². The lowest BCUT2D eigenvalue weighted by molar-refractivity contribution is -0.265. The predicted molar refractivity (Wildman–Crippen MR) is 233 cm³/mol. The first-order valence-corrected chi connectivity index (χ1v) is 39.2. The Labute approximate surface area is 322 Å². The van der Waals surface area contributed by atoms with Crippen LogP contribution in [-0.4, -0.2) is 87.2 Å². The third-order valence-electron chi connectivity index (χ3n) is 7.09. The van der Waals surface area contributed by atoms with Crippen molar-refractivity contribution in [2.45, 2.75) is 149 Å². The second-order valence-electron chi connectivity index (χ2n) is 19.7. The van der Waals surface area contributed by atoms with E-state index in [0.717, 1.165) is 22.6 Å². The van der Waals surface area contributed by atoms with Crippen molar-refractivity contribution in [1.29, 1.82) is 0 Å². The Morgan fingerprint density at radius 1 is 0.481 bits per heavy atom. The zero-order chi connectivity index (χ0) is 39.5. The molecule has 294 valence electrons. The minimum Gasteiger partial charge on any atom is -0.544 e. The number of ether oxygens (including phenoxy) is 2. The van der Waals surface area contributed by atoms with Crippen LogP contribution < -0.4 is 13.6 Å². The summed E-state index contributed by atoms with van der Waals surface area (Å²) in [4.78, 5) is 0. The second kappa shape index (κ2) is 17.2. The third-order valence-corrected chi connectivity index (χ3v) is 12.8. The zero-order valence-corrected chi connectivity index (χ0v) is 41.6. The summed E-state index contributed by atoms with van der Waals surface area (Å²) < 4.78 is 54.1. The van der Waals surface area contributed by atoms with Crippen LogP contribution in [0.1, 0.15) is 11.1 Å². The fourth-order valence-corrected chi connectivity index (χ4v) is 11.1. The largest absolute Gasteiger partial charge is 0.544 e. The molecule has 1 heterocycles. The molecule has 5 unspecified atom stereocenters. The molecule has 5 atom stereocenters. The molecule has 0 radical (unpaired) electrons. The Morgan fingerprint density at radius 3 is 1.44 bits per heavy atom. The Morgan fingerprint density at radius 2 is 0.942 bits per heavy atom. The van der Waals surface area contributed by atoms with Crippen LogP contribution in [0.3, 0.4) is 0 Å². The summed E-state index contributed by atoms with van der Waals surface area (Å²) in [7, 11) is -11.8. The molecule has 3 rings (SSSR count). The van der Waals surface area contributed by atoms with Crippen LogP contribution >= 0.6 is 0 Å². The maximum absolute atomic E-state index is 7.05. The molecule has 52 heavy (non-hydrogen) atoms. The summed E-state index contributed by atoms with van der Waals surface area (Å²) in [6.45, 7) is 39.9. The van der Waals surface area contributed by atoms with E-state index in [4.69, 9.17) is 36.0 Å². The molecule has 1 aliphatic heterocycles. The number of hydrogen-bond acceptors (Lipinski definition) is 8. The van der Waals surface area contributed by atoms with Gasteiger partial charge in [0.15, 0.2) is 33.3 Å². The average Bonchev–Trinajstić information content (AvgIpc) is 2.90. The van der Waals surface area contributed by atoms with Crippen LogP contribution in [0.4, 0.5) is 0 Å². The summed E-state index contributed by atoms with van der Waals surface area (Å²) in [6.07, 6.45) is 1.76. The molecule has 14 heteroatoms. The normalized spacial score (nSPS) is 22.5. The van der Waals surface area contributed by atoms with Crippen LogP contribution in [0.25, 0.3) is 12.2 Å². The highest BCUT2D eigenvalue weighted by Gasteiger charge is 2.52. The molecule has 1 saturated heterocycles. The van der Waals surface area contributed by atoms with Crippen molar-refractivity contribution < 1.29 is 36.0 Å². The van der Waals surface area contributed by atoms with Gasteiger partial charge in [0.05, 0.1) is 6.61 Å². The highest BCUT2D eigenvalue weighted by atomic mass is 28.4. The molecule has 0 aromatic heterocycles. The van der Waals surface area contributed by atoms with Crippen molar-refractivity contribution in [3.63, 3.8) is 0 Å². The number of rotatable bonds is 17. The fraction of sp³-hybridized carbons (Fsp3) is 0.632. The molecule has 1 fully saturated rings. The fourth-order valence-electron chi connectivity index (χ4n) is 5.56. The average molecular weight is 823 g/mol. The minimum atomic E-state index is -2.13. The third kappa shape index (κ3) is 17.0. The van der Waals surface area contributed by atoms with Gasteiger partial charge in [-0.3, -0.25) is 0 Å². The Bertz CT molecular complexity index is 1460. The van der Waals surface area contributed by atoms with E-state index in [1.165, 1.54) is 0 Å². The van der Waals surface area contributed by atoms with E-state index in [1.54, 1.807) is 0 Å². The van der Waals surface area contributed by atoms with Crippen LogP contribution in [0.2, 0.25) is 118 Å². The lowest BCUT2D eigenvalue weighted by Gasteiger charge is -2.50. The molecule has 2 aromatic rings. The maximum Gasteiger partial charge on any atom is 0.242 e. The smallest absolute Gasteiger partial charge is 0.242 e. The van der Waals surface area contributed by atoms with Gasteiger partial charge in [-0.2, -0.15) is 0 Å². The molecule has 1 aliphatic rings. The highest BCUT2D eigenvalue weighted by Crippen LogP contribution is 2.36. The summed E-state index contributed by atoms with van der Waals surface area (Å²) in [5.41, 5.74) is 2.03. The van der Waals surface area contributed by atoms with Crippen LogP contribution in [0.15, 0.2) is 42.5 Å². The van der Waals surface area contributed by atoms with Crippen molar-refractivity contribution in [3.05, 3.63) is 53.6 Å². The lowest BCUT2D eigenvalue weighted by atomic mass is 9.99. The van der Waals surface area contributed by atoms with Crippen molar-refractivity contribution in [2.24, 2.45) is 0 Å². The van der Waals surface area contributed by atoms with Crippen LogP contribution in [0.5, 0.6) is 17.2 Å². The molecule has 0 amide bonds. The van der Waals surface area contributed by atoms with Gasteiger partial charge in [-0.1, -0.05) is 24.3 Å². The molecule has 0 N–H and O–H groups in total. The summed E-state index contributed by atoms with van der Waals surface area (Å²) in [6, 6.07) is 14.3. The Hall–Kier alpha value is -1.32. The van der Waals surface area contributed by atoms with E-state index in [2.05, 4.69) is 148 Å². The van der Waals surface area contributed by atoms with Crippen LogP contribution in [0, 0.1) is 0 Å². The van der Waals surface area contributed by atoms with Gasteiger partial charge in [-0.25, -0.2) is 0 Å². The topological polar surface area (TPSA) is 73.8 Å². The van der Waals surface area contributed by atoms with Gasteiger partial charge in [0.1, 0.15) is 41.7 Å². The zero-order valence-electron chi connectivity index (χ0n) is 35.6. The van der Waals surface area contributed by atoms with E-state index in [-0.39, 0.29) is 6.10 Å². The molecule has 0 saturated carbocycles. The van der Waals surface area contributed by atoms with Crippen molar-refractivity contribution in [1.82, 2.24) is 0 Å². The SMILES string of the molecule is C[Si](C)(C)OCC1OC(Oc2cc(/C=C/c3ccc(O[Si](C)(C)C)cc3)cc(O[Si](C)(C)C)c2)C(O[Si](C)(C)C)C(O[Si](C)(C)C)C1O[Si](C)(C)C. The van der Waals surface area contributed by atoms with Crippen molar-refractivity contribution >= 4 is 62.1 Å².